The third kappa shape index (κ3) is 3.69. The summed E-state index contributed by atoms with van der Waals surface area (Å²) in [5.74, 6) is 0.311. The molecule has 1 aromatic rings. The lowest BCUT2D eigenvalue weighted by Gasteiger charge is -2.08. The fraction of sp³-hybridized carbons (Fsp3) is 0.400. The zero-order valence-corrected chi connectivity index (χ0v) is 7.56. The molecule has 13 heavy (non-hydrogen) atoms. The number of carbonyl (C=O) groups excluding carboxylic acids is 1. The van der Waals surface area contributed by atoms with Gasteiger partial charge in [0.15, 0.2) is 0 Å². The molecule has 0 saturated carbocycles. The van der Waals surface area contributed by atoms with Crippen molar-refractivity contribution in [2.75, 3.05) is 6.61 Å². The van der Waals surface area contributed by atoms with Crippen molar-refractivity contribution >= 4 is 6.47 Å². The molecule has 1 radical (unpaired) electrons. The number of aromatic nitrogens is 1. The number of hydrogen-bond acceptors (Lipinski definition) is 3. The molecule has 0 spiro atoms. The van der Waals surface area contributed by atoms with E-state index in [1.165, 1.54) is 6.47 Å². The molecule has 0 aliphatic heterocycles. The van der Waals surface area contributed by atoms with Gasteiger partial charge >= 0.3 is 6.47 Å². The van der Waals surface area contributed by atoms with Gasteiger partial charge in [-0.25, -0.2) is 4.79 Å². The first kappa shape index (κ1) is 9.71. The van der Waals surface area contributed by atoms with Gasteiger partial charge in [-0.2, -0.15) is 0 Å². The Balaban J connectivity index is 2.36. The van der Waals surface area contributed by atoms with E-state index in [9.17, 15) is 4.79 Å². The average Bonchev–Trinajstić information content (AvgIpc) is 2.16. The molecular formula is C10H12NO2. The molecule has 1 rings (SSSR count). The molecule has 3 nitrogen and oxygen atoms in total. The third-order valence-electron chi connectivity index (χ3n) is 1.73. The molecule has 0 fully saturated rings. The van der Waals surface area contributed by atoms with Crippen molar-refractivity contribution < 1.29 is 9.53 Å². The Kier molecular flexibility index (Phi) is 3.96. The maximum absolute atomic E-state index is 9.80. The Morgan fingerprint density at radius 3 is 3.15 bits per heavy atom. The monoisotopic (exact) mass is 178 g/mol. The van der Waals surface area contributed by atoms with E-state index < -0.39 is 0 Å². The van der Waals surface area contributed by atoms with Crippen LogP contribution >= 0.6 is 0 Å². The van der Waals surface area contributed by atoms with E-state index in [0.717, 1.165) is 12.0 Å². The van der Waals surface area contributed by atoms with Crippen LogP contribution in [0.25, 0.3) is 0 Å². The quantitative estimate of drug-likeness (QED) is 0.683. The summed E-state index contributed by atoms with van der Waals surface area (Å²) in [5, 5.41) is 0. The highest BCUT2D eigenvalue weighted by Crippen LogP contribution is 2.06. The van der Waals surface area contributed by atoms with E-state index in [1.807, 2.05) is 25.3 Å². The second-order valence-electron chi connectivity index (χ2n) is 3.06. The number of nitrogens with zero attached hydrogens (tertiary/aromatic N) is 1. The normalized spacial score (nSPS) is 12.1. The van der Waals surface area contributed by atoms with Crippen LogP contribution in [0.1, 0.15) is 12.5 Å². The van der Waals surface area contributed by atoms with E-state index in [0.29, 0.717) is 12.5 Å². The Bertz CT molecular complexity index is 248. The molecular weight excluding hydrogens is 166 g/mol. The van der Waals surface area contributed by atoms with Gasteiger partial charge in [0.05, 0.1) is 6.61 Å². The minimum absolute atomic E-state index is 0.311. The predicted molar refractivity (Wildman–Crippen MR) is 48.8 cm³/mol. The van der Waals surface area contributed by atoms with Crippen molar-refractivity contribution in [2.45, 2.75) is 13.3 Å². The van der Waals surface area contributed by atoms with Crippen molar-refractivity contribution in [3.63, 3.8) is 0 Å². The van der Waals surface area contributed by atoms with Crippen LogP contribution in [-0.2, 0) is 16.0 Å². The highest BCUT2D eigenvalue weighted by molar-refractivity contribution is 5.38. The SMILES string of the molecule is CC(CO[C]=O)Cc1cccnc1. The molecule has 0 aromatic carbocycles. The van der Waals surface area contributed by atoms with Crippen LogP contribution in [0.4, 0.5) is 0 Å². The van der Waals surface area contributed by atoms with E-state index in [4.69, 9.17) is 0 Å². The van der Waals surface area contributed by atoms with Crippen molar-refractivity contribution in [2.24, 2.45) is 5.92 Å². The van der Waals surface area contributed by atoms with Crippen LogP contribution < -0.4 is 0 Å². The Morgan fingerprint density at radius 1 is 1.69 bits per heavy atom. The summed E-state index contributed by atoms with van der Waals surface area (Å²) in [7, 11) is 0. The minimum atomic E-state index is 0.311. The summed E-state index contributed by atoms with van der Waals surface area (Å²) in [6.07, 6.45) is 4.43. The van der Waals surface area contributed by atoms with Crippen LogP contribution in [0, 0.1) is 5.92 Å². The lowest BCUT2D eigenvalue weighted by Crippen LogP contribution is -2.08. The van der Waals surface area contributed by atoms with E-state index in [1.54, 1.807) is 6.20 Å². The molecule has 1 heterocycles. The Hall–Kier alpha value is -1.38. The first-order valence-electron chi connectivity index (χ1n) is 4.20. The molecule has 0 aliphatic rings. The van der Waals surface area contributed by atoms with E-state index >= 15 is 0 Å². The smallest absolute Gasteiger partial charge is 0.417 e. The van der Waals surface area contributed by atoms with Gasteiger partial charge < -0.3 is 4.74 Å². The van der Waals surface area contributed by atoms with Gasteiger partial charge in [0.25, 0.3) is 0 Å². The van der Waals surface area contributed by atoms with E-state index in [2.05, 4.69) is 9.72 Å². The van der Waals surface area contributed by atoms with Gasteiger partial charge in [0.2, 0.25) is 0 Å². The maximum Gasteiger partial charge on any atom is 0.417 e. The number of hydrogen-bond donors (Lipinski definition) is 0. The molecule has 1 aromatic heterocycles. The molecule has 0 aliphatic carbocycles. The van der Waals surface area contributed by atoms with Gasteiger partial charge in [0.1, 0.15) is 0 Å². The first-order chi connectivity index (χ1) is 6.33. The van der Waals surface area contributed by atoms with Crippen LogP contribution in [0.3, 0.4) is 0 Å². The molecule has 0 amide bonds. The Morgan fingerprint density at radius 2 is 2.54 bits per heavy atom. The summed E-state index contributed by atoms with van der Waals surface area (Å²) in [6, 6.07) is 3.91. The molecule has 0 saturated heterocycles. The van der Waals surface area contributed by atoms with Gasteiger partial charge in [-0.05, 0) is 24.0 Å². The van der Waals surface area contributed by atoms with Crippen molar-refractivity contribution in [1.29, 1.82) is 0 Å². The van der Waals surface area contributed by atoms with Crippen LogP contribution in [0.2, 0.25) is 0 Å². The van der Waals surface area contributed by atoms with Gasteiger partial charge in [-0.15, -0.1) is 0 Å². The van der Waals surface area contributed by atoms with Gasteiger partial charge in [-0.3, -0.25) is 4.98 Å². The average molecular weight is 178 g/mol. The summed E-state index contributed by atoms with van der Waals surface area (Å²) in [6.45, 7) is 3.85. The topological polar surface area (TPSA) is 39.2 Å². The lowest BCUT2D eigenvalue weighted by atomic mass is 10.0. The number of rotatable bonds is 5. The zero-order chi connectivity index (χ0) is 9.52. The number of ether oxygens (including phenoxy) is 1. The summed E-state index contributed by atoms with van der Waals surface area (Å²) in [5.41, 5.74) is 1.16. The number of pyridine rings is 1. The second-order valence-corrected chi connectivity index (χ2v) is 3.06. The lowest BCUT2D eigenvalue weighted by molar-refractivity contribution is 0.231. The predicted octanol–water partition coefficient (Wildman–Crippen LogP) is 1.34. The molecule has 0 bridgehead atoms. The summed E-state index contributed by atoms with van der Waals surface area (Å²) < 4.78 is 4.54. The zero-order valence-electron chi connectivity index (χ0n) is 7.56. The van der Waals surface area contributed by atoms with Crippen LogP contribution in [0.5, 0.6) is 0 Å². The third-order valence-corrected chi connectivity index (χ3v) is 1.73. The standard InChI is InChI=1S/C10H12NO2/c1-9(7-13-8-12)5-10-3-2-4-11-6-10/h2-4,6,9H,5,7H2,1H3. The fourth-order valence-electron chi connectivity index (χ4n) is 1.16. The second kappa shape index (κ2) is 5.30. The fourth-order valence-corrected chi connectivity index (χ4v) is 1.16. The largest absolute Gasteiger partial charge is 0.457 e. The van der Waals surface area contributed by atoms with Crippen molar-refractivity contribution in [3.05, 3.63) is 30.1 Å². The van der Waals surface area contributed by atoms with Crippen molar-refractivity contribution in [1.82, 2.24) is 4.98 Å². The maximum atomic E-state index is 9.80. The highest BCUT2D eigenvalue weighted by Gasteiger charge is 2.03. The van der Waals surface area contributed by atoms with Crippen LogP contribution in [-0.4, -0.2) is 18.1 Å². The molecule has 1 unspecified atom stereocenters. The van der Waals surface area contributed by atoms with Gasteiger partial charge in [0, 0.05) is 12.4 Å². The summed E-state index contributed by atoms with van der Waals surface area (Å²) >= 11 is 0. The molecule has 0 N–H and O–H groups in total. The Labute approximate surface area is 77.8 Å². The van der Waals surface area contributed by atoms with Crippen molar-refractivity contribution in [3.8, 4) is 0 Å². The first-order valence-corrected chi connectivity index (χ1v) is 4.20. The van der Waals surface area contributed by atoms with Crippen LogP contribution in [0.15, 0.2) is 24.5 Å². The molecule has 69 valence electrons. The highest BCUT2D eigenvalue weighted by atomic mass is 16.5. The minimum Gasteiger partial charge on any atom is -0.457 e. The summed E-state index contributed by atoms with van der Waals surface area (Å²) in [4.78, 5) is 13.8. The molecule has 3 heteroatoms. The van der Waals surface area contributed by atoms with Gasteiger partial charge in [-0.1, -0.05) is 13.0 Å². The molecule has 1 atom stereocenters. The van der Waals surface area contributed by atoms with E-state index in [-0.39, 0.29) is 0 Å².